The quantitative estimate of drug-likeness (QED) is 0.584. The van der Waals surface area contributed by atoms with Crippen LogP contribution < -0.4 is 0 Å². The first kappa shape index (κ1) is 11.2. The zero-order chi connectivity index (χ0) is 13.7. The lowest BCUT2D eigenvalue weighted by Crippen LogP contribution is -1.95. The predicted molar refractivity (Wildman–Crippen MR) is 71.8 cm³/mol. The molecule has 0 radical (unpaired) electrons. The van der Waals surface area contributed by atoms with Crippen LogP contribution in [0.1, 0.15) is 24.6 Å². The van der Waals surface area contributed by atoms with E-state index in [2.05, 4.69) is 15.0 Å². The molecule has 0 spiro atoms. The molecule has 1 fully saturated rings. The van der Waals surface area contributed by atoms with E-state index >= 15 is 0 Å². The number of nitro benzene ring substituents is 1. The number of non-ortho nitro benzene ring substituents is 1. The number of nitro groups is 1. The Balaban J connectivity index is 2.01. The highest BCUT2D eigenvalue weighted by Crippen LogP contribution is 2.40. The normalized spacial score (nSPS) is 14.8. The van der Waals surface area contributed by atoms with Gasteiger partial charge in [-0.25, -0.2) is 9.97 Å². The van der Waals surface area contributed by atoms with Crippen LogP contribution in [0.15, 0.2) is 30.9 Å². The highest BCUT2D eigenvalue weighted by atomic mass is 16.6. The van der Waals surface area contributed by atoms with E-state index in [1.54, 1.807) is 24.8 Å². The van der Waals surface area contributed by atoms with Crippen molar-refractivity contribution in [3.05, 3.63) is 46.8 Å². The van der Waals surface area contributed by atoms with Crippen LogP contribution in [0.25, 0.3) is 16.7 Å². The fraction of sp³-hybridized carbons (Fsp3) is 0.231. The SMILES string of the molecule is O=[N+]([O-])c1ccc(-n2ccnc2)c2[nH]c(C3CC3)nc12. The zero-order valence-electron chi connectivity index (χ0n) is 10.5. The lowest BCUT2D eigenvalue weighted by Gasteiger charge is -2.03. The van der Waals surface area contributed by atoms with Gasteiger partial charge in [0.05, 0.1) is 22.5 Å². The van der Waals surface area contributed by atoms with Crippen molar-refractivity contribution in [2.45, 2.75) is 18.8 Å². The van der Waals surface area contributed by atoms with Crippen LogP contribution in [0.2, 0.25) is 0 Å². The summed E-state index contributed by atoms with van der Waals surface area (Å²) in [6.07, 6.45) is 7.32. The number of fused-ring (bicyclic) bond motifs is 1. The second-order valence-electron chi connectivity index (χ2n) is 4.95. The molecule has 20 heavy (non-hydrogen) atoms. The van der Waals surface area contributed by atoms with E-state index in [4.69, 9.17) is 0 Å². The molecule has 0 amide bonds. The third kappa shape index (κ3) is 1.59. The smallest absolute Gasteiger partial charge is 0.297 e. The van der Waals surface area contributed by atoms with E-state index in [9.17, 15) is 10.1 Å². The van der Waals surface area contributed by atoms with Crippen LogP contribution in [-0.2, 0) is 0 Å². The average molecular weight is 269 g/mol. The molecule has 1 aliphatic carbocycles. The maximum atomic E-state index is 11.1. The third-order valence-corrected chi connectivity index (χ3v) is 3.56. The van der Waals surface area contributed by atoms with Crippen LogP contribution in [-0.4, -0.2) is 24.4 Å². The number of hydrogen-bond donors (Lipinski definition) is 1. The van der Waals surface area contributed by atoms with E-state index in [-0.39, 0.29) is 5.69 Å². The van der Waals surface area contributed by atoms with E-state index in [0.717, 1.165) is 24.4 Å². The van der Waals surface area contributed by atoms with Crippen molar-refractivity contribution >= 4 is 16.7 Å². The van der Waals surface area contributed by atoms with E-state index in [0.29, 0.717) is 17.0 Å². The van der Waals surface area contributed by atoms with Gasteiger partial charge < -0.3 is 9.55 Å². The Labute approximate surface area is 113 Å². The Hall–Kier alpha value is -2.70. The van der Waals surface area contributed by atoms with Gasteiger partial charge in [-0.05, 0) is 18.9 Å². The van der Waals surface area contributed by atoms with Crippen molar-refractivity contribution < 1.29 is 4.92 Å². The Morgan fingerprint density at radius 1 is 1.40 bits per heavy atom. The van der Waals surface area contributed by atoms with Crippen molar-refractivity contribution in [2.24, 2.45) is 0 Å². The molecule has 0 unspecified atom stereocenters. The van der Waals surface area contributed by atoms with Gasteiger partial charge in [0.2, 0.25) is 0 Å². The van der Waals surface area contributed by atoms with Gasteiger partial charge in [0.25, 0.3) is 5.69 Å². The minimum atomic E-state index is -0.391. The number of H-pyrrole nitrogens is 1. The minimum absolute atomic E-state index is 0.0343. The summed E-state index contributed by atoms with van der Waals surface area (Å²) in [7, 11) is 0. The molecule has 1 N–H and O–H groups in total. The standard InChI is InChI=1S/C13H11N5O2/c19-18(20)10-4-3-9(17-6-5-14-7-17)11-12(10)16-13(15-11)8-1-2-8/h3-8H,1-2H2,(H,15,16). The summed E-state index contributed by atoms with van der Waals surface area (Å²) in [6, 6.07) is 3.21. The second-order valence-corrected chi connectivity index (χ2v) is 4.95. The summed E-state index contributed by atoms with van der Waals surface area (Å²) in [5.74, 6) is 1.26. The molecule has 0 saturated heterocycles. The predicted octanol–water partition coefficient (Wildman–Crippen LogP) is 2.53. The number of rotatable bonds is 3. The zero-order valence-corrected chi connectivity index (χ0v) is 10.5. The van der Waals surface area contributed by atoms with E-state index < -0.39 is 4.92 Å². The number of nitrogens with zero attached hydrogens (tertiary/aromatic N) is 4. The van der Waals surface area contributed by atoms with Crippen LogP contribution in [0.5, 0.6) is 0 Å². The summed E-state index contributed by atoms with van der Waals surface area (Å²) >= 11 is 0. The van der Waals surface area contributed by atoms with Gasteiger partial charge >= 0.3 is 0 Å². The van der Waals surface area contributed by atoms with Crippen molar-refractivity contribution in [1.29, 1.82) is 0 Å². The van der Waals surface area contributed by atoms with Crippen LogP contribution in [0.3, 0.4) is 0 Å². The monoisotopic (exact) mass is 269 g/mol. The number of aromatic nitrogens is 4. The Morgan fingerprint density at radius 3 is 2.90 bits per heavy atom. The van der Waals surface area contributed by atoms with Gasteiger partial charge in [-0.1, -0.05) is 0 Å². The van der Waals surface area contributed by atoms with Gasteiger partial charge in [-0.15, -0.1) is 0 Å². The van der Waals surface area contributed by atoms with Crippen molar-refractivity contribution in [3.63, 3.8) is 0 Å². The van der Waals surface area contributed by atoms with Gasteiger partial charge in [0.15, 0.2) is 5.52 Å². The van der Waals surface area contributed by atoms with Gasteiger partial charge in [-0.3, -0.25) is 10.1 Å². The molecule has 1 saturated carbocycles. The molecule has 7 heteroatoms. The van der Waals surface area contributed by atoms with Crippen LogP contribution in [0.4, 0.5) is 5.69 Å². The molecule has 100 valence electrons. The summed E-state index contributed by atoms with van der Waals surface area (Å²) in [5, 5.41) is 11.1. The molecule has 2 aromatic heterocycles. The van der Waals surface area contributed by atoms with Gasteiger partial charge in [0, 0.05) is 24.4 Å². The highest BCUT2D eigenvalue weighted by molar-refractivity contribution is 5.91. The fourth-order valence-electron chi connectivity index (χ4n) is 2.40. The molecule has 7 nitrogen and oxygen atoms in total. The first-order valence-electron chi connectivity index (χ1n) is 6.39. The molecular formula is C13H11N5O2. The Kier molecular flexibility index (Phi) is 2.17. The number of hydrogen-bond acceptors (Lipinski definition) is 4. The van der Waals surface area contributed by atoms with Gasteiger partial charge in [0.1, 0.15) is 5.82 Å². The first-order chi connectivity index (χ1) is 9.74. The minimum Gasteiger partial charge on any atom is -0.340 e. The van der Waals surface area contributed by atoms with E-state index in [1.165, 1.54) is 6.07 Å². The average Bonchev–Trinajstić information content (AvgIpc) is 2.98. The maximum Gasteiger partial charge on any atom is 0.297 e. The van der Waals surface area contributed by atoms with E-state index in [1.807, 2.05) is 4.57 Å². The summed E-state index contributed by atoms with van der Waals surface area (Å²) < 4.78 is 1.82. The number of benzene rings is 1. The fourth-order valence-corrected chi connectivity index (χ4v) is 2.40. The number of imidazole rings is 2. The molecule has 3 aromatic rings. The molecule has 0 bridgehead atoms. The molecule has 0 aliphatic heterocycles. The molecule has 1 aromatic carbocycles. The van der Waals surface area contributed by atoms with Crippen LogP contribution >= 0.6 is 0 Å². The third-order valence-electron chi connectivity index (χ3n) is 3.56. The first-order valence-corrected chi connectivity index (χ1v) is 6.39. The number of aromatic amines is 1. The van der Waals surface area contributed by atoms with Crippen molar-refractivity contribution in [3.8, 4) is 5.69 Å². The lowest BCUT2D eigenvalue weighted by molar-refractivity contribution is -0.383. The Morgan fingerprint density at radius 2 is 2.25 bits per heavy atom. The topological polar surface area (TPSA) is 89.6 Å². The van der Waals surface area contributed by atoms with Crippen LogP contribution in [0, 0.1) is 10.1 Å². The van der Waals surface area contributed by atoms with Gasteiger partial charge in [-0.2, -0.15) is 0 Å². The van der Waals surface area contributed by atoms with Crippen molar-refractivity contribution in [2.75, 3.05) is 0 Å². The molecular weight excluding hydrogens is 258 g/mol. The molecule has 4 rings (SSSR count). The summed E-state index contributed by atoms with van der Waals surface area (Å²) in [6.45, 7) is 0. The molecule has 1 aliphatic rings. The highest BCUT2D eigenvalue weighted by Gasteiger charge is 2.29. The summed E-state index contributed by atoms with van der Waals surface area (Å²) in [4.78, 5) is 22.4. The molecule has 2 heterocycles. The largest absolute Gasteiger partial charge is 0.340 e. The second kappa shape index (κ2) is 3.89. The molecule has 0 atom stereocenters. The lowest BCUT2D eigenvalue weighted by atomic mass is 10.2. The summed E-state index contributed by atoms with van der Waals surface area (Å²) in [5.41, 5.74) is 1.97. The maximum absolute atomic E-state index is 11.1. The number of nitrogens with one attached hydrogen (secondary N) is 1. The van der Waals surface area contributed by atoms with Crippen molar-refractivity contribution in [1.82, 2.24) is 19.5 Å². The Bertz CT molecular complexity index is 802.